The van der Waals surface area contributed by atoms with E-state index in [4.69, 9.17) is 4.74 Å². The number of methoxy groups -OCH3 is 1. The molecule has 0 aliphatic carbocycles. The fourth-order valence-corrected chi connectivity index (χ4v) is 6.87. The fraction of sp³-hybridized carbons (Fsp3) is 0.154. The van der Waals surface area contributed by atoms with E-state index in [1.807, 2.05) is 84.9 Å². The van der Waals surface area contributed by atoms with Crippen LogP contribution >= 0.6 is 23.1 Å². The van der Waals surface area contributed by atoms with Crippen molar-refractivity contribution in [1.29, 1.82) is 0 Å². The van der Waals surface area contributed by atoms with Gasteiger partial charge in [0.25, 0.3) is 0 Å². The molecule has 33 heavy (non-hydrogen) atoms. The van der Waals surface area contributed by atoms with Crippen LogP contribution in [-0.4, -0.2) is 23.3 Å². The van der Waals surface area contributed by atoms with E-state index in [0.717, 1.165) is 32.6 Å². The second-order valence-electron chi connectivity index (χ2n) is 7.74. The standard InChI is InChI=1S/C26H22N2O3S2/c1-31-20-14-8-9-17(15-20)22-21(24(29)27-18-10-4-2-5-11-18)16-32-25-23(22)33-26(30)28(25)19-12-6-3-7-13-19/h2-15,21-22H,16H2,1H3,(H,27,29)/t21-,22-/m0/s1. The Morgan fingerprint density at radius 2 is 1.73 bits per heavy atom. The normalized spacial score (nSPS) is 17.2. The quantitative estimate of drug-likeness (QED) is 0.421. The number of ether oxygens (including phenoxy) is 1. The SMILES string of the molecule is COc1cccc([C@@H]2c3sc(=O)n(-c4ccccc4)c3SC[C@@H]2C(=O)Nc2ccccc2)c1. The van der Waals surface area contributed by atoms with Crippen molar-refractivity contribution >= 4 is 34.7 Å². The highest BCUT2D eigenvalue weighted by Crippen LogP contribution is 2.47. The lowest BCUT2D eigenvalue weighted by Gasteiger charge is -2.31. The van der Waals surface area contributed by atoms with Crippen LogP contribution in [0.5, 0.6) is 5.75 Å². The molecule has 0 radical (unpaired) electrons. The molecule has 1 amide bonds. The van der Waals surface area contributed by atoms with E-state index in [1.165, 1.54) is 11.3 Å². The maximum absolute atomic E-state index is 13.4. The molecule has 1 aliphatic heterocycles. The molecule has 0 bridgehead atoms. The average molecular weight is 475 g/mol. The zero-order chi connectivity index (χ0) is 22.8. The zero-order valence-corrected chi connectivity index (χ0v) is 19.6. The number of thioether (sulfide) groups is 1. The summed E-state index contributed by atoms with van der Waals surface area (Å²) in [4.78, 5) is 27.4. The molecule has 1 aliphatic rings. The topological polar surface area (TPSA) is 60.3 Å². The van der Waals surface area contributed by atoms with Gasteiger partial charge < -0.3 is 10.1 Å². The first-order chi connectivity index (χ1) is 16.2. The molecule has 166 valence electrons. The summed E-state index contributed by atoms with van der Waals surface area (Å²) in [5, 5.41) is 3.97. The molecule has 0 saturated heterocycles. The van der Waals surface area contributed by atoms with Crippen molar-refractivity contribution in [1.82, 2.24) is 4.57 Å². The molecule has 3 aromatic carbocycles. The van der Waals surface area contributed by atoms with Crippen LogP contribution < -0.4 is 14.9 Å². The van der Waals surface area contributed by atoms with Gasteiger partial charge >= 0.3 is 4.87 Å². The molecule has 1 aromatic heterocycles. The van der Waals surface area contributed by atoms with Crippen LogP contribution in [0, 0.1) is 5.92 Å². The number of benzene rings is 3. The van der Waals surface area contributed by atoms with E-state index in [-0.39, 0.29) is 22.6 Å². The van der Waals surface area contributed by atoms with Gasteiger partial charge in [0.15, 0.2) is 0 Å². The molecule has 1 N–H and O–H groups in total. The molecule has 4 aromatic rings. The van der Waals surface area contributed by atoms with Gasteiger partial charge in [-0.2, -0.15) is 0 Å². The molecule has 5 rings (SSSR count). The summed E-state index contributed by atoms with van der Waals surface area (Å²) in [6.07, 6.45) is 0. The Kier molecular flexibility index (Phi) is 6.07. The first kappa shape index (κ1) is 21.6. The van der Waals surface area contributed by atoms with Gasteiger partial charge in [0.2, 0.25) is 5.91 Å². The largest absolute Gasteiger partial charge is 0.497 e. The number of aromatic nitrogens is 1. The summed E-state index contributed by atoms with van der Waals surface area (Å²) in [6, 6.07) is 26.9. The number of anilines is 1. The lowest BCUT2D eigenvalue weighted by molar-refractivity contribution is -0.119. The highest BCUT2D eigenvalue weighted by molar-refractivity contribution is 7.99. The molecule has 2 heterocycles. The van der Waals surface area contributed by atoms with Crippen molar-refractivity contribution in [3.63, 3.8) is 0 Å². The number of thiazole rings is 1. The maximum Gasteiger partial charge on any atom is 0.312 e. The average Bonchev–Trinajstić information content (AvgIpc) is 3.20. The molecule has 0 spiro atoms. The summed E-state index contributed by atoms with van der Waals surface area (Å²) in [5.41, 5.74) is 2.56. The summed E-state index contributed by atoms with van der Waals surface area (Å²) in [6.45, 7) is 0. The van der Waals surface area contributed by atoms with Gasteiger partial charge in [-0.3, -0.25) is 14.2 Å². The van der Waals surface area contributed by atoms with Crippen molar-refractivity contribution in [2.75, 3.05) is 18.2 Å². The number of carbonyl (C=O) groups is 1. The predicted molar refractivity (Wildman–Crippen MR) is 134 cm³/mol. The monoisotopic (exact) mass is 474 g/mol. The number of carbonyl (C=O) groups excluding carboxylic acids is 1. The van der Waals surface area contributed by atoms with Crippen LogP contribution in [0.15, 0.2) is 94.7 Å². The molecular weight excluding hydrogens is 452 g/mol. The van der Waals surface area contributed by atoms with Crippen LogP contribution in [-0.2, 0) is 4.79 Å². The number of amides is 1. The van der Waals surface area contributed by atoms with Crippen molar-refractivity contribution in [2.24, 2.45) is 5.92 Å². The van der Waals surface area contributed by atoms with E-state index < -0.39 is 0 Å². The number of hydrogen-bond donors (Lipinski definition) is 1. The Bertz CT molecular complexity index is 1330. The maximum atomic E-state index is 13.4. The molecule has 5 nitrogen and oxygen atoms in total. The van der Waals surface area contributed by atoms with E-state index in [2.05, 4.69) is 5.32 Å². The minimum atomic E-state index is -0.336. The first-order valence-corrected chi connectivity index (χ1v) is 12.4. The van der Waals surface area contributed by atoms with E-state index in [1.54, 1.807) is 23.4 Å². The smallest absolute Gasteiger partial charge is 0.312 e. The van der Waals surface area contributed by atoms with Crippen LogP contribution in [0.2, 0.25) is 0 Å². The molecule has 0 unspecified atom stereocenters. The lowest BCUT2D eigenvalue weighted by Crippen LogP contribution is -2.33. The Labute approximate surface area is 200 Å². The third-order valence-electron chi connectivity index (χ3n) is 5.72. The Balaban J connectivity index is 1.61. The number of nitrogens with zero attached hydrogens (tertiary/aromatic N) is 1. The van der Waals surface area contributed by atoms with Gasteiger partial charge in [0, 0.05) is 22.2 Å². The Morgan fingerprint density at radius 1 is 1.00 bits per heavy atom. The zero-order valence-electron chi connectivity index (χ0n) is 17.9. The molecular formula is C26H22N2O3S2. The van der Waals surface area contributed by atoms with Crippen molar-refractivity contribution in [3.8, 4) is 11.4 Å². The minimum Gasteiger partial charge on any atom is -0.497 e. The molecule has 0 saturated carbocycles. The summed E-state index contributed by atoms with van der Waals surface area (Å²) >= 11 is 2.79. The Morgan fingerprint density at radius 3 is 2.45 bits per heavy atom. The van der Waals surface area contributed by atoms with Crippen molar-refractivity contribution in [2.45, 2.75) is 10.9 Å². The van der Waals surface area contributed by atoms with Gasteiger partial charge in [-0.15, -0.1) is 11.8 Å². The molecule has 2 atom stereocenters. The summed E-state index contributed by atoms with van der Waals surface area (Å²) < 4.78 is 7.22. The second kappa shape index (κ2) is 9.29. The third kappa shape index (κ3) is 4.21. The third-order valence-corrected chi connectivity index (χ3v) is 8.08. The highest BCUT2D eigenvalue weighted by atomic mass is 32.2. The highest BCUT2D eigenvalue weighted by Gasteiger charge is 2.39. The number of fused-ring (bicyclic) bond motifs is 1. The number of nitrogens with one attached hydrogen (secondary N) is 1. The number of rotatable bonds is 5. The first-order valence-electron chi connectivity index (χ1n) is 10.6. The Hall–Kier alpha value is -3.29. The lowest BCUT2D eigenvalue weighted by atomic mass is 9.85. The van der Waals surface area contributed by atoms with Crippen LogP contribution in [0.3, 0.4) is 0 Å². The number of hydrogen-bond acceptors (Lipinski definition) is 5. The van der Waals surface area contributed by atoms with Crippen LogP contribution in [0.4, 0.5) is 5.69 Å². The van der Waals surface area contributed by atoms with Crippen LogP contribution in [0.25, 0.3) is 5.69 Å². The predicted octanol–water partition coefficient (Wildman–Crippen LogP) is 5.40. The second-order valence-corrected chi connectivity index (χ2v) is 9.74. The summed E-state index contributed by atoms with van der Waals surface area (Å²) in [5.74, 6) is 0.653. The van der Waals surface area contributed by atoms with E-state index in [9.17, 15) is 9.59 Å². The van der Waals surface area contributed by atoms with Gasteiger partial charge in [0.1, 0.15) is 5.75 Å². The van der Waals surface area contributed by atoms with Crippen molar-refractivity contribution < 1.29 is 9.53 Å². The number of para-hydroxylation sites is 2. The van der Waals surface area contributed by atoms with Crippen molar-refractivity contribution in [3.05, 3.63) is 105 Å². The van der Waals surface area contributed by atoms with Gasteiger partial charge in [-0.25, -0.2) is 0 Å². The van der Waals surface area contributed by atoms with E-state index >= 15 is 0 Å². The molecule has 0 fully saturated rings. The van der Waals surface area contributed by atoms with E-state index in [0.29, 0.717) is 5.75 Å². The minimum absolute atomic E-state index is 0.0456. The van der Waals surface area contributed by atoms with Gasteiger partial charge in [-0.05, 0) is 42.0 Å². The van der Waals surface area contributed by atoms with Gasteiger partial charge in [-0.1, -0.05) is 59.9 Å². The fourth-order valence-electron chi connectivity index (χ4n) is 4.16. The molecule has 7 heteroatoms. The van der Waals surface area contributed by atoms with Gasteiger partial charge in [0.05, 0.1) is 23.7 Å². The van der Waals surface area contributed by atoms with Crippen LogP contribution in [0.1, 0.15) is 16.4 Å². The summed E-state index contributed by atoms with van der Waals surface area (Å²) in [7, 11) is 1.63.